The van der Waals surface area contributed by atoms with Crippen molar-refractivity contribution in [2.24, 2.45) is 5.92 Å². The summed E-state index contributed by atoms with van der Waals surface area (Å²) in [6, 6.07) is 5.38. The van der Waals surface area contributed by atoms with E-state index in [1.54, 1.807) is 30.0 Å². The van der Waals surface area contributed by atoms with E-state index in [0.717, 1.165) is 18.4 Å². The third-order valence-electron chi connectivity index (χ3n) is 4.39. The number of amides is 2. The van der Waals surface area contributed by atoms with Crippen LogP contribution in [0.4, 0.5) is 4.79 Å². The Kier molecular flexibility index (Phi) is 7.38. The second-order valence-electron chi connectivity index (χ2n) is 6.27. The van der Waals surface area contributed by atoms with E-state index in [2.05, 4.69) is 5.32 Å². The van der Waals surface area contributed by atoms with Crippen LogP contribution in [0.25, 0.3) is 0 Å². The van der Waals surface area contributed by atoms with Gasteiger partial charge in [0.15, 0.2) is 0 Å². The van der Waals surface area contributed by atoms with Gasteiger partial charge in [0.2, 0.25) is 5.91 Å². The number of carbonyl (C=O) groups is 2. The molecule has 2 atom stereocenters. The Labute approximate surface area is 158 Å². The molecule has 138 valence electrons. The second-order valence-corrected chi connectivity index (χ2v) is 7.08. The Hall–Kier alpha value is -1.46. The van der Waals surface area contributed by atoms with Crippen LogP contribution in [0, 0.1) is 5.92 Å². The molecule has 1 heterocycles. The Morgan fingerprint density at radius 2 is 2.04 bits per heavy atom. The number of piperidine rings is 1. The molecule has 0 bridgehead atoms. The largest absolute Gasteiger partial charge is 0.450 e. The molecule has 1 fully saturated rings. The molecule has 7 heteroatoms. The number of likely N-dealkylation sites (tertiary alicyclic amines) is 1. The highest BCUT2D eigenvalue weighted by Gasteiger charge is 2.29. The molecule has 2 amide bonds. The topological polar surface area (TPSA) is 58.6 Å². The summed E-state index contributed by atoms with van der Waals surface area (Å²) >= 11 is 12.4. The van der Waals surface area contributed by atoms with Crippen molar-refractivity contribution < 1.29 is 14.3 Å². The monoisotopic (exact) mass is 386 g/mol. The molecule has 1 aliphatic heterocycles. The third-order valence-corrected chi connectivity index (χ3v) is 5.05. The number of carbonyl (C=O) groups excluding carboxylic acids is 2. The number of rotatable bonds is 5. The van der Waals surface area contributed by atoms with Crippen molar-refractivity contribution in [2.75, 3.05) is 26.2 Å². The van der Waals surface area contributed by atoms with E-state index in [9.17, 15) is 9.59 Å². The van der Waals surface area contributed by atoms with Crippen molar-refractivity contribution >= 4 is 35.2 Å². The third kappa shape index (κ3) is 5.25. The lowest BCUT2D eigenvalue weighted by atomic mass is 9.96. The molecule has 0 aliphatic carbocycles. The summed E-state index contributed by atoms with van der Waals surface area (Å²) in [5.41, 5.74) is 0.836. The predicted molar refractivity (Wildman–Crippen MR) is 99.2 cm³/mol. The van der Waals surface area contributed by atoms with Gasteiger partial charge in [-0.3, -0.25) is 4.79 Å². The first-order valence-corrected chi connectivity index (χ1v) is 9.33. The summed E-state index contributed by atoms with van der Waals surface area (Å²) in [6.45, 7) is 5.55. The maximum atomic E-state index is 12.5. The zero-order valence-electron chi connectivity index (χ0n) is 14.6. The minimum atomic E-state index is -0.351. The molecule has 5 nitrogen and oxygen atoms in total. The minimum absolute atomic E-state index is 0.00472. The van der Waals surface area contributed by atoms with Gasteiger partial charge in [-0.15, -0.1) is 0 Å². The van der Waals surface area contributed by atoms with E-state index in [1.807, 2.05) is 6.92 Å². The Morgan fingerprint density at radius 1 is 1.36 bits per heavy atom. The molecule has 0 radical (unpaired) electrons. The molecule has 2 unspecified atom stereocenters. The van der Waals surface area contributed by atoms with Crippen LogP contribution in [-0.2, 0) is 9.53 Å². The van der Waals surface area contributed by atoms with Gasteiger partial charge < -0.3 is 15.0 Å². The van der Waals surface area contributed by atoms with E-state index in [-0.39, 0.29) is 23.8 Å². The predicted octanol–water partition coefficient (Wildman–Crippen LogP) is 4.08. The molecule has 0 aromatic heterocycles. The van der Waals surface area contributed by atoms with Crippen LogP contribution in [0.3, 0.4) is 0 Å². The Balaban J connectivity index is 1.90. The number of halogens is 2. The maximum Gasteiger partial charge on any atom is 0.409 e. The first-order valence-electron chi connectivity index (χ1n) is 8.57. The van der Waals surface area contributed by atoms with Gasteiger partial charge in [-0.2, -0.15) is 0 Å². The molecule has 0 spiro atoms. The molecule has 1 saturated heterocycles. The molecular weight excluding hydrogens is 363 g/mol. The van der Waals surface area contributed by atoms with Crippen LogP contribution in [-0.4, -0.2) is 43.1 Å². The van der Waals surface area contributed by atoms with E-state index in [1.165, 1.54) is 0 Å². The summed E-state index contributed by atoms with van der Waals surface area (Å²) in [7, 11) is 0. The van der Waals surface area contributed by atoms with Crippen LogP contribution in [0.15, 0.2) is 18.2 Å². The van der Waals surface area contributed by atoms with Gasteiger partial charge in [0.1, 0.15) is 0 Å². The van der Waals surface area contributed by atoms with E-state index >= 15 is 0 Å². The number of ether oxygens (including phenoxy) is 1. The van der Waals surface area contributed by atoms with Gasteiger partial charge in [-0.1, -0.05) is 36.2 Å². The van der Waals surface area contributed by atoms with E-state index < -0.39 is 0 Å². The van der Waals surface area contributed by atoms with Crippen LogP contribution in [0.2, 0.25) is 10.0 Å². The fraction of sp³-hybridized carbons (Fsp3) is 0.556. The summed E-state index contributed by atoms with van der Waals surface area (Å²) in [4.78, 5) is 25.9. The van der Waals surface area contributed by atoms with E-state index in [0.29, 0.717) is 36.3 Å². The zero-order valence-corrected chi connectivity index (χ0v) is 16.1. The SMILES string of the molecule is CCOC(=O)N1CCCC(C(=O)NCC(C)c2c(Cl)cccc2Cl)C1. The number of hydrogen-bond acceptors (Lipinski definition) is 3. The fourth-order valence-corrected chi connectivity index (χ4v) is 3.82. The lowest BCUT2D eigenvalue weighted by Gasteiger charge is -2.31. The second kappa shape index (κ2) is 9.30. The fourth-order valence-electron chi connectivity index (χ4n) is 3.05. The Bertz CT molecular complexity index is 604. The van der Waals surface area contributed by atoms with Crippen molar-refractivity contribution in [2.45, 2.75) is 32.6 Å². The lowest BCUT2D eigenvalue weighted by Crippen LogP contribution is -2.46. The average Bonchev–Trinajstić information content (AvgIpc) is 2.60. The molecule has 0 saturated carbocycles. The van der Waals surface area contributed by atoms with Crippen LogP contribution >= 0.6 is 23.2 Å². The van der Waals surface area contributed by atoms with Crippen LogP contribution in [0.1, 0.15) is 38.2 Å². The molecule has 1 aromatic carbocycles. The normalized spacial score (nSPS) is 18.6. The lowest BCUT2D eigenvalue weighted by molar-refractivity contribution is -0.126. The number of nitrogens with zero attached hydrogens (tertiary/aromatic N) is 1. The maximum absolute atomic E-state index is 12.5. The first kappa shape index (κ1) is 19.9. The quantitative estimate of drug-likeness (QED) is 0.828. The highest BCUT2D eigenvalue weighted by molar-refractivity contribution is 6.36. The number of nitrogens with one attached hydrogen (secondary N) is 1. The highest BCUT2D eigenvalue weighted by atomic mass is 35.5. The smallest absolute Gasteiger partial charge is 0.409 e. The minimum Gasteiger partial charge on any atom is -0.450 e. The van der Waals surface area contributed by atoms with Crippen molar-refractivity contribution in [3.8, 4) is 0 Å². The van der Waals surface area contributed by atoms with Crippen molar-refractivity contribution in [3.63, 3.8) is 0 Å². The molecule has 1 N–H and O–H groups in total. The molecular formula is C18H24Cl2N2O3. The molecule has 2 rings (SSSR count). The summed E-state index contributed by atoms with van der Waals surface area (Å²) in [5.74, 6) is -0.272. The highest BCUT2D eigenvalue weighted by Crippen LogP contribution is 2.31. The van der Waals surface area contributed by atoms with E-state index in [4.69, 9.17) is 27.9 Å². The summed E-state index contributed by atoms with van der Waals surface area (Å²) in [6.07, 6.45) is 1.21. The molecule has 1 aromatic rings. The Morgan fingerprint density at radius 3 is 2.68 bits per heavy atom. The van der Waals surface area contributed by atoms with Crippen LogP contribution in [0.5, 0.6) is 0 Å². The van der Waals surface area contributed by atoms with Gasteiger partial charge in [-0.05, 0) is 37.5 Å². The molecule has 1 aliphatic rings. The number of benzene rings is 1. The molecule has 25 heavy (non-hydrogen) atoms. The first-order chi connectivity index (χ1) is 11.9. The van der Waals surface area contributed by atoms with Gasteiger partial charge >= 0.3 is 6.09 Å². The van der Waals surface area contributed by atoms with Crippen molar-refractivity contribution in [3.05, 3.63) is 33.8 Å². The summed E-state index contributed by atoms with van der Waals surface area (Å²) in [5, 5.41) is 4.16. The van der Waals surface area contributed by atoms with Crippen molar-refractivity contribution in [1.82, 2.24) is 10.2 Å². The van der Waals surface area contributed by atoms with Gasteiger partial charge in [0.05, 0.1) is 12.5 Å². The summed E-state index contributed by atoms with van der Waals surface area (Å²) < 4.78 is 5.02. The van der Waals surface area contributed by atoms with Crippen molar-refractivity contribution in [1.29, 1.82) is 0 Å². The van der Waals surface area contributed by atoms with Crippen LogP contribution < -0.4 is 5.32 Å². The standard InChI is InChI=1S/C18H24Cl2N2O3/c1-3-25-18(24)22-9-5-6-13(11-22)17(23)21-10-12(2)16-14(19)7-4-8-15(16)20/h4,7-8,12-13H,3,5-6,9-11H2,1-2H3,(H,21,23). The number of hydrogen-bond donors (Lipinski definition) is 1. The van der Waals surface area contributed by atoms with Gasteiger partial charge in [0.25, 0.3) is 0 Å². The average molecular weight is 387 g/mol. The van der Waals surface area contributed by atoms with Gasteiger partial charge in [-0.25, -0.2) is 4.79 Å². The zero-order chi connectivity index (χ0) is 18.4. The van der Waals surface area contributed by atoms with Gasteiger partial charge in [0, 0.05) is 35.6 Å².